The van der Waals surface area contributed by atoms with Crippen molar-refractivity contribution < 1.29 is 9.26 Å². The summed E-state index contributed by atoms with van der Waals surface area (Å²) >= 11 is 0. The third kappa shape index (κ3) is 4.35. The van der Waals surface area contributed by atoms with E-state index in [2.05, 4.69) is 46.6 Å². The lowest BCUT2D eigenvalue weighted by Gasteiger charge is -2.04. The molecule has 0 bridgehead atoms. The maximum atomic E-state index is 5.21. The molecule has 0 aliphatic heterocycles. The van der Waals surface area contributed by atoms with Crippen LogP contribution in [-0.2, 0) is 17.6 Å². The Labute approximate surface area is 119 Å². The summed E-state index contributed by atoms with van der Waals surface area (Å²) in [6, 6.07) is 8.29. The maximum Gasteiger partial charge on any atom is 0.228 e. The largest absolute Gasteiger partial charge is 0.385 e. The zero-order valence-corrected chi connectivity index (χ0v) is 12.2. The summed E-state index contributed by atoms with van der Waals surface area (Å²) < 4.78 is 10.4. The molecule has 5 heteroatoms. The topological polar surface area (TPSA) is 60.2 Å². The zero-order valence-electron chi connectivity index (χ0n) is 12.2. The van der Waals surface area contributed by atoms with Crippen molar-refractivity contribution in [1.82, 2.24) is 10.1 Å². The minimum Gasteiger partial charge on any atom is -0.385 e. The second-order valence-electron chi connectivity index (χ2n) is 4.90. The monoisotopic (exact) mass is 275 g/mol. The Morgan fingerprint density at radius 3 is 2.75 bits per heavy atom. The van der Waals surface area contributed by atoms with Gasteiger partial charge in [-0.05, 0) is 26.0 Å². The van der Waals surface area contributed by atoms with Crippen LogP contribution >= 0.6 is 0 Å². The molecule has 0 fully saturated rings. The zero-order chi connectivity index (χ0) is 14.4. The van der Waals surface area contributed by atoms with Gasteiger partial charge in [0.05, 0.1) is 6.10 Å². The summed E-state index contributed by atoms with van der Waals surface area (Å²) in [5.41, 5.74) is 2.35. The Morgan fingerprint density at radius 2 is 2.05 bits per heavy atom. The van der Waals surface area contributed by atoms with Gasteiger partial charge in [0.2, 0.25) is 5.89 Å². The summed E-state index contributed by atoms with van der Waals surface area (Å²) in [7, 11) is 1.68. The fourth-order valence-electron chi connectivity index (χ4n) is 1.80. The van der Waals surface area contributed by atoms with Crippen molar-refractivity contribution in [2.75, 3.05) is 19.0 Å². The van der Waals surface area contributed by atoms with Crippen LogP contribution in [0, 0.1) is 6.92 Å². The molecule has 0 aliphatic rings. The number of hydrogen-bond donors (Lipinski definition) is 1. The minimum absolute atomic E-state index is 0.103. The molecular formula is C15H21N3O2. The molecule has 1 aromatic heterocycles. The second kappa shape index (κ2) is 7.05. The number of nitrogens with zero attached hydrogens (tertiary/aromatic N) is 2. The summed E-state index contributed by atoms with van der Waals surface area (Å²) in [6.45, 7) is 4.82. The smallest absolute Gasteiger partial charge is 0.228 e. The number of anilines is 1. The van der Waals surface area contributed by atoms with Gasteiger partial charge in [0, 0.05) is 32.2 Å². The first-order valence-corrected chi connectivity index (χ1v) is 6.82. The van der Waals surface area contributed by atoms with Gasteiger partial charge < -0.3 is 14.6 Å². The Bertz CT molecular complexity index is 522. The van der Waals surface area contributed by atoms with Gasteiger partial charge in [-0.2, -0.15) is 4.98 Å². The first kappa shape index (κ1) is 14.5. The van der Waals surface area contributed by atoms with E-state index in [1.54, 1.807) is 7.11 Å². The normalized spacial score (nSPS) is 12.3. The van der Waals surface area contributed by atoms with Crippen molar-refractivity contribution in [3.05, 3.63) is 41.5 Å². The van der Waals surface area contributed by atoms with E-state index in [0.29, 0.717) is 24.6 Å². The third-order valence-corrected chi connectivity index (χ3v) is 3.10. The summed E-state index contributed by atoms with van der Waals surface area (Å²) in [5, 5.41) is 7.28. The van der Waals surface area contributed by atoms with Crippen LogP contribution in [0.25, 0.3) is 0 Å². The van der Waals surface area contributed by atoms with Crippen LogP contribution in [0.15, 0.2) is 28.8 Å². The van der Waals surface area contributed by atoms with E-state index in [9.17, 15) is 0 Å². The molecule has 1 N–H and O–H groups in total. The van der Waals surface area contributed by atoms with Crippen molar-refractivity contribution in [2.45, 2.75) is 32.8 Å². The van der Waals surface area contributed by atoms with E-state index in [1.807, 2.05) is 6.92 Å². The van der Waals surface area contributed by atoms with E-state index in [4.69, 9.17) is 9.26 Å². The lowest BCUT2D eigenvalue weighted by molar-refractivity contribution is 0.116. The number of benzene rings is 1. The van der Waals surface area contributed by atoms with E-state index < -0.39 is 0 Å². The minimum atomic E-state index is 0.103. The van der Waals surface area contributed by atoms with Crippen molar-refractivity contribution in [3.63, 3.8) is 0 Å². The molecule has 1 heterocycles. The van der Waals surface area contributed by atoms with Crippen LogP contribution in [0.3, 0.4) is 0 Å². The molecule has 1 aromatic carbocycles. The molecule has 1 atom stereocenters. The lowest BCUT2D eigenvalue weighted by atomic mass is 10.2. The Morgan fingerprint density at radius 1 is 1.30 bits per heavy atom. The molecule has 0 saturated carbocycles. The molecule has 5 nitrogen and oxygen atoms in total. The number of rotatable bonds is 7. The van der Waals surface area contributed by atoms with Gasteiger partial charge in [0.25, 0.3) is 0 Å². The van der Waals surface area contributed by atoms with Crippen molar-refractivity contribution in [1.29, 1.82) is 0 Å². The summed E-state index contributed by atoms with van der Waals surface area (Å²) in [6.07, 6.45) is 1.49. The number of ether oxygens (including phenoxy) is 1. The predicted molar refractivity (Wildman–Crippen MR) is 77.8 cm³/mol. The highest BCUT2D eigenvalue weighted by molar-refractivity contribution is 5.44. The SMILES string of the molecule is COC(C)Cc1noc(CCNc2ccc(C)cc2)n1. The molecule has 2 aromatic rings. The molecule has 0 radical (unpaired) electrons. The fraction of sp³-hybridized carbons (Fsp3) is 0.467. The van der Waals surface area contributed by atoms with E-state index in [0.717, 1.165) is 12.2 Å². The quantitative estimate of drug-likeness (QED) is 0.841. The molecule has 0 amide bonds. The van der Waals surface area contributed by atoms with Crippen molar-refractivity contribution in [3.8, 4) is 0 Å². The van der Waals surface area contributed by atoms with Crippen LogP contribution < -0.4 is 5.32 Å². The van der Waals surface area contributed by atoms with Gasteiger partial charge >= 0.3 is 0 Å². The summed E-state index contributed by atoms with van der Waals surface area (Å²) in [5.74, 6) is 1.35. The Balaban J connectivity index is 1.78. The number of methoxy groups -OCH3 is 1. The van der Waals surface area contributed by atoms with Crippen molar-refractivity contribution in [2.24, 2.45) is 0 Å². The highest BCUT2D eigenvalue weighted by atomic mass is 16.5. The third-order valence-electron chi connectivity index (χ3n) is 3.10. The first-order chi connectivity index (χ1) is 9.67. The maximum absolute atomic E-state index is 5.21. The van der Waals surface area contributed by atoms with Crippen molar-refractivity contribution >= 4 is 5.69 Å². The first-order valence-electron chi connectivity index (χ1n) is 6.82. The van der Waals surface area contributed by atoms with Gasteiger partial charge in [-0.1, -0.05) is 22.9 Å². The van der Waals surface area contributed by atoms with Gasteiger partial charge in [-0.3, -0.25) is 0 Å². The van der Waals surface area contributed by atoms with Gasteiger partial charge in [0.1, 0.15) is 0 Å². The highest BCUT2D eigenvalue weighted by Crippen LogP contribution is 2.09. The lowest BCUT2D eigenvalue weighted by Crippen LogP contribution is -2.10. The molecule has 0 spiro atoms. The number of aryl methyl sites for hydroxylation is 1. The van der Waals surface area contributed by atoms with Crippen LogP contribution in [-0.4, -0.2) is 29.9 Å². The van der Waals surface area contributed by atoms with Gasteiger partial charge in [-0.25, -0.2) is 0 Å². The number of hydrogen-bond acceptors (Lipinski definition) is 5. The van der Waals surface area contributed by atoms with Crippen LogP contribution in [0.4, 0.5) is 5.69 Å². The average Bonchev–Trinajstić information content (AvgIpc) is 2.88. The average molecular weight is 275 g/mol. The number of nitrogens with one attached hydrogen (secondary N) is 1. The molecule has 20 heavy (non-hydrogen) atoms. The number of aromatic nitrogens is 2. The molecule has 2 rings (SSSR count). The Kier molecular flexibility index (Phi) is 5.12. The molecular weight excluding hydrogens is 254 g/mol. The fourth-order valence-corrected chi connectivity index (χ4v) is 1.80. The van der Waals surface area contributed by atoms with Gasteiger partial charge in [0.15, 0.2) is 5.82 Å². The summed E-state index contributed by atoms with van der Waals surface area (Å²) in [4.78, 5) is 4.35. The predicted octanol–water partition coefficient (Wildman–Crippen LogP) is 2.61. The molecule has 1 unspecified atom stereocenters. The molecule has 0 aliphatic carbocycles. The standard InChI is InChI=1S/C15H21N3O2/c1-11-4-6-13(7-5-11)16-9-8-15-17-14(18-20-15)10-12(2)19-3/h4-7,12,16H,8-10H2,1-3H3. The van der Waals surface area contributed by atoms with Crippen LogP contribution in [0.2, 0.25) is 0 Å². The van der Waals surface area contributed by atoms with Gasteiger partial charge in [-0.15, -0.1) is 0 Å². The van der Waals surface area contributed by atoms with Crippen LogP contribution in [0.5, 0.6) is 0 Å². The van der Waals surface area contributed by atoms with E-state index in [1.165, 1.54) is 5.56 Å². The van der Waals surface area contributed by atoms with E-state index in [-0.39, 0.29) is 6.10 Å². The van der Waals surface area contributed by atoms with E-state index >= 15 is 0 Å². The Hall–Kier alpha value is -1.88. The van der Waals surface area contributed by atoms with Crippen LogP contribution in [0.1, 0.15) is 24.2 Å². The second-order valence-corrected chi connectivity index (χ2v) is 4.90. The highest BCUT2D eigenvalue weighted by Gasteiger charge is 2.09. The molecule has 0 saturated heterocycles. The molecule has 108 valence electrons.